The van der Waals surface area contributed by atoms with Crippen molar-refractivity contribution in [2.45, 2.75) is 31.3 Å². The van der Waals surface area contributed by atoms with Crippen LogP contribution in [0.25, 0.3) is 0 Å². The lowest BCUT2D eigenvalue weighted by Gasteiger charge is -2.29. The zero-order valence-corrected chi connectivity index (χ0v) is 14.3. The van der Waals surface area contributed by atoms with Gasteiger partial charge in [0.1, 0.15) is 5.60 Å². The molecule has 1 amide bonds. The highest BCUT2D eigenvalue weighted by atomic mass is 35.5. The van der Waals surface area contributed by atoms with Crippen molar-refractivity contribution in [3.63, 3.8) is 0 Å². The van der Waals surface area contributed by atoms with Crippen LogP contribution in [0.15, 0.2) is 54.6 Å². The fourth-order valence-electron chi connectivity index (χ4n) is 3.04. The number of amides is 1. The van der Waals surface area contributed by atoms with Crippen LogP contribution in [-0.4, -0.2) is 17.6 Å². The first-order valence-corrected chi connectivity index (χ1v) is 8.75. The lowest BCUT2D eigenvalue weighted by atomic mass is 9.88. The topological polar surface area (TPSA) is 49.3 Å². The number of rotatable bonds is 7. The lowest BCUT2D eigenvalue weighted by Crippen LogP contribution is -2.42. The molecular weight excluding hydrogens is 322 g/mol. The van der Waals surface area contributed by atoms with Gasteiger partial charge in [0.05, 0.1) is 6.54 Å². The number of aliphatic hydroxyl groups is 1. The Morgan fingerprint density at radius 2 is 1.92 bits per heavy atom. The van der Waals surface area contributed by atoms with E-state index in [9.17, 15) is 9.90 Å². The fourth-order valence-corrected chi connectivity index (χ4v) is 3.25. The minimum atomic E-state index is -0.965. The number of halogens is 1. The van der Waals surface area contributed by atoms with Crippen molar-refractivity contribution in [1.29, 1.82) is 0 Å². The molecule has 3 nitrogen and oxygen atoms in total. The number of benzene rings is 2. The van der Waals surface area contributed by atoms with Crippen LogP contribution in [0.1, 0.15) is 30.4 Å². The van der Waals surface area contributed by atoms with E-state index in [0.29, 0.717) is 17.9 Å². The first kappa shape index (κ1) is 17.0. The molecule has 0 unspecified atom stereocenters. The molecule has 0 heterocycles. The van der Waals surface area contributed by atoms with E-state index in [-0.39, 0.29) is 18.4 Å². The fraction of sp³-hybridized carbons (Fsp3) is 0.350. The molecule has 0 saturated heterocycles. The van der Waals surface area contributed by atoms with Crippen molar-refractivity contribution in [3.8, 4) is 0 Å². The summed E-state index contributed by atoms with van der Waals surface area (Å²) in [5.41, 5.74) is 0.952. The molecule has 3 rings (SSSR count). The first-order valence-electron chi connectivity index (χ1n) is 8.37. The second-order valence-electron chi connectivity index (χ2n) is 6.47. The number of carbonyl (C=O) groups excluding carboxylic acids is 1. The van der Waals surface area contributed by atoms with Crippen LogP contribution < -0.4 is 5.32 Å². The molecule has 0 bridgehead atoms. The van der Waals surface area contributed by atoms with E-state index in [1.165, 1.54) is 0 Å². The van der Waals surface area contributed by atoms with E-state index < -0.39 is 5.60 Å². The van der Waals surface area contributed by atoms with Gasteiger partial charge < -0.3 is 10.4 Å². The molecule has 4 heteroatoms. The van der Waals surface area contributed by atoms with Gasteiger partial charge >= 0.3 is 0 Å². The Labute approximate surface area is 147 Å². The van der Waals surface area contributed by atoms with Crippen LogP contribution in [0, 0.1) is 5.92 Å². The third kappa shape index (κ3) is 4.16. The van der Waals surface area contributed by atoms with E-state index >= 15 is 0 Å². The van der Waals surface area contributed by atoms with Gasteiger partial charge in [-0.2, -0.15) is 0 Å². The Hall–Kier alpha value is -1.84. The second-order valence-corrected chi connectivity index (χ2v) is 6.91. The van der Waals surface area contributed by atoms with Gasteiger partial charge in [-0.1, -0.05) is 54.1 Å². The molecule has 0 aliphatic heterocycles. The maximum absolute atomic E-state index is 12.2. The number of aryl methyl sites for hydroxylation is 1. The number of hydrogen-bond donors (Lipinski definition) is 2. The molecule has 126 valence electrons. The highest BCUT2D eigenvalue weighted by molar-refractivity contribution is 6.30. The third-order valence-corrected chi connectivity index (χ3v) is 4.85. The minimum Gasteiger partial charge on any atom is -0.383 e. The largest absolute Gasteiger partial charge is 0.383 e. The minimum absolute atomic E-state index is 0.0509. The quantitative estimate of drug-likeness (QED) is 0.805. The van der Waals surface area contributed by atoms with Crippen molar-refractivity contribution >= 4 is 17.5 Å². The third-order valence-electron chi connectivity index (χ3n) is 4.61. The van der Waals surface area contributed by atoms with Gasteiger partial charge in [-0.15, -0.1) is 0 Å². The van der Waals surface area contributed by atoms with Gasteiger partial charge in [-0.3, -0.25) is 4.79 Å². The summed E-state index contributed by atoms with van der Waals surface area (Å²) in [6.07, 6.45) is 3.03. The molecule has 0 spiro atoms. The van der Waals surface area contributed by atoms with Crippen molar-refractivity contribution in [2.24, 2.45) is 5.92 Å². The molecule has 1 aliphatic carbocycles. The Bertz CT molecular complexity index is 700. The molecule has 2 N–H and O–H groups in total. The van der Waals surface area contributed by atoms with Crippen molar-refractivity contribution in [1.82, 2.24) is 5.32 Å². The van der Waals surface area contributed by atoms with Crippen LogP contribution in [0.5, 0.6) is 0 Å². The van der Waals surface area contributed by atoms with Crippen LogP contribution in [0.2, 0.25) is 5.02 Å². The smallest absolute Gasteiger partial charge is 0.220 e. The summed E-state index contributed by atoms with van der Waals surface area (Å²) in [4.78, 5) is 12.2. The zero-order valence-electron chi connectivity index (χ0n) is 13.5. The van der Waals surface area contributed by atoms with E-state index in [4.69, 9.17) is 11.6 Å². The SMILES string of the molecule is O=C(CCc1cccc(Cl)c1)NC[C@](O)(c1ccccc1)C1CC1. The maximum atomic E-state index is 12.2. The molecule has 0 radical (unpaired) electrons. The molecule has 2 aromatic carbocycles. The normalized spacial score (nSPS) is 16.4. The maximum Gasteiger partial charge on any atom is 0.220 e. The summed E-state index contributed by atoms with van der Waals surface area (Å²) in [6, 6.07) is 17.2. The summed E-state index contributed by atoms with van der Waals surface area (Å²) < 4.78 is 0. The van der Waals surface area contributed by atoms with Gasteiger partial charge in [-0.05, 0) is 48.4 Å². The average molecular weight is 344 g/mol. The van der Waals surface area contributed by atoms with Crippen LogP contribution >= 0.6 is 11.6 Å². The Morgan fingerprint density at radius 1 is 1.17 bits per heavy atom. The molecular formula is C20H22ClNO2. The van der Waals surface area contributed by atoms with Crippen molar-refractivity contribution < 1.29 is 9.90 Å². The molecule has 1 fully saturated rings. The summed E-state index contributed by atoms with van der Waals surface area (Å²) in [7, 11) is 0. The van der Waals surface area contributed by atoms with Gasteiger partial charge in [0.25, 0.3) is 0 Å². The standard InChI is InChI=1S/C20H22ClNO2/c21-18-8-4-5-15(13-18)9-12-19(23)22-14-20(24,17-10-11-17)16-6-2-1-3-7-16/h1-8,13,17,24H,9-12,14H2,(H,22,23)/t20-/m0/s1. The molecule has 0 aromatic heterocycles. The molecule has 1 atom stereocenters. The first-order chi connectivity index (χ1) is 11.6. The van der Waals surface area contributed by atoms with Crippen molar-refractivity contribution in [2.75, 3.05) is 6.54 Å². The summed E-state index contributed by atoms with van der Waals surface area (Å²) >= 11 is 5.96. The van der Waals surface area contributed by atoms with Gasteiger partial charge in [0.2, 0.25) is 5.91 Å². The number of nitrogens with one attached hydrogen (secondary N) is 1. The highest BCUT2D eigenvalue weighted by Crippen LogP contribution is 2.45. The Balaban J connectivity index is 1.56. The van der Waals surface area contributed by atoms with Gasteiger partial charge in [0, 0.05) is 11.4 Å². The molecule has 1 saturated carbocycles. The zero-order chi connectivity index (χ0) is 17.0. The summed E-state index contributed by atoms with van der Waals surface area (Å²) in [5.74, 6) is 0.179. The summed E-state index contributed by atoms with van der Waals surface area (Å²) in [6.45, 7) is 0.260. The molecule has 24 heavy (non-hydrogen) atoms. The Morgan fingerprint density at radius 3 is 2.58 bits per heavy atom. The summed E-state index contributed by atoms with van der Waals surface area (Å²) in [5, 5.41) is 14.6. The lowest BCUT2D eigenvalue weighted by molar-refractivity contribution is -0.122. The number of hydrogen-bond acceptors (Lipinski definition) is 2. The van der Waals surface area contributed by atoms with E-state index in [2.05, 4.69) is 5.32 Å². The van der Waals surface area contributed by atoms with Gasteiger partial charge in [0.15, 0.2) is 0 Å². The second kappa shape index (κ2) is 7.37. The Kier molecular flexibility index (Phi) is 5.22. The van der Waals surface area contributed by atoms with Crippen molar-refractivity contribution in [3.05, 3.63) is 70.7 Å². The van der Waals surface area contributed by atoms with E-state index in [1.54, 1.807) is 0 Å². The van der Waals surface area contributed by atoms with Gasteiger partial charge in [-0.25, -0.2) is 0 Å². The van der Waals surface area contributed by atoms with Crippen LogP contribution in [0.4, 0.5) is 0 Å². The number of carbonyl (C=O) groups is 1. The van der Waals surface area contributed by atoms with E-state index in [0.717, 1.165) is 24.0 Å². The molecule has 1 aliphatic rings. The average Bonchev–Trinajstić information content (AvgIpc) is 3.44. The van der Waals surface area contributed by atoms with Crippen LogP contribution in [0.3, 0.4) is 0 Å². The monoisotopic (exact) mass is 343 g/mol. The van der Waals surface area contributed by atoms with E-state index in [1.807, 2.05) is 54.6 Å². The predicted octanol–water partition coefficient (Wildman–Crippen LogP) is 3.69. The predicted molar refractivity (Wildman–Crippen MR) is 95.8 cm³/mol. The van der Waals surface area contributed by atoms with Crippen LogP contribution in [-0.2, 0) is 16.8 Å². The highest BCUT2D eigenvalue weighted by Gasteiger charge is 2.45. The molecule has 2 aromatic rings.